The number of benzene rings is 2. The second-order valence-corrected chi connectivity index (χ2v) is 7.67. The summed E-state index contributed by atoms with van der Waals surface area (Å²) in [6.07, 6.45) is -0.529. The molecule has 0 aliphatic carbocycles. The Kier molecular flexibility index (Phi) is 8.09. The quantitative estimate of drug-likeness (QED) is 0.659. The van der Waals surface area contributed by atoms with Crippen LogP contribution in [-0.2, 0) is 27.3 Å². The third-order valence-corrected chi connectivity index (χ3v) is 4.11. The zero-order valence-electron chi connectivity index (χ0n) is 18.1. The van der Waals surface area contributed by atoms with Crippen molar-refractivity contribution >= 4 is 12.1 Å². The van der Waals surface area contributed by atoms with E-state index in [9.17, 15) is 9.59 Å². The summed E-state index contributed by atoms with van der Waals surface area (Å²) in [5.74, 6) is 0.598. The Labute approximate surface area is 177 Å². The van der Waals surface area contributed by atoms with Crippen molar-refractivity contribution in [2.24, 2.45) is 0 Å². The first kappa shape index (κ1) is 23.1. The lowest BCUT2D eigenvalue weighted by molar-refractivity contribution is -0.143. The third kappa shape index (κ3) is 7.31. The molecule has 1 atom stereocenters. The summed E-state index contributed by atoms with van der Waals surface area (Å²) in [6, 6.07) is 14.1. The molecule has 0 heterocycles. The van der Waals surface area contributed by atoms with Gasteiger partial charge in [0.15, 0.2) is 0 Å². The number of rotatable bonds is 8. The molecule has 1 amide bonds. The SMILES string of the molecule is COC(=O)[C@H](Cc1ccc(OC)cc1OCc1ccccc1)NC(=O)OC(C)(C)C. The van der Waals surface area contributed by atoms with Crippen LogP contribution in [0.1, 0.15) is 31.9 Å². The fourth-order valence-corrected chi connectivity index (χ4v) is 2.71. The van der Waals surface area contributed by atoms with Crippen LogP contribution >= 0.6 is 0 Å². The summed E-state index contributed by atoms with van der Waals surface area (Å²) in [4.78, 5) is 24.5. The average Bonchev–Trinajstić information content (AvgIpc) is 2.71. The van der Waals surface area contributed by atoms with E-state index in [0.29, 0.717) is 18.1 Å². The minimum Gasteiger partial charge on any atom is -0.497 e. The Bertz CT molecular complexity index is 845. The molecule has 0 aliphatic rings. The van der Waals surface area contributed by atoms with Gasteiger partial charge in [-0.05, 0) is 38.0 Å². The van der Waals surface area contributed by atoms with Gasteiger partial charge in [0.2, 0.25) is 0 Å². The predicted octanol–water partition coefficient (Wildman–Crippen LogP) is 3.88. The molecule has 0 saturated heterocycles. The Morgan fingerprint density at radius 2 is 1.73 bits per heavy atom. The van der Waals surface area contributed by atoms with E-state index in [0.717, 1.165) is 11.1 Å². The Hall–Kier alpha value is -3.22. The molecular formula is C23H29NO6. The smallest absolute Gasteiger partial charge is 0.408 e. The fraction of sp³-hybridized carbons (Fsp3) is 0.391. The number of hydrogen-bond donors (Lipinski definition) is 1. The monoisotopic (exact) mass is 415 g/mol. The molecule has 7 heteroatoms. The zero-order chi connectivity index (χ0) is 22.1. The maximum Gasteiger partial charge on any atom is 0.408 e. The first-order valence-electron chi connectivity index (χ1n) is 9.63. The maximum absolute atomic E-state index is 12.3. The molecule has 2 rings (SSSR count). The summed E-state index contributed by atoms with van der Waals surface area (Å²) in [6.45, 7) is 5.60. The number of carbonyl (C=O) groups excluding carboxylic acids is 2. The van der Waals surface area contributed by atoms with Crippen LogP contribution in [0.4, 0.5) is 4.79 Å². The van der Waals surface area contributed by atoms with Crippen LogP contribution in [-0.4, -0.2) is 37.9 Å². The van der Waals surface area contributed by atoms with Crippen molar-refractivity contribution in [2.45, 2.75) is 45.4 Å². The highest BCUT2D eigenvalue weighted by Crippen LogP contribution is 2.27. The number of nitrogens with one attached hydrogen (secondary N) is 1. The highest BCUT2D eigenvalue weighted by atomic mass is 16.6. The summed E-state index contributed by atoms with van der Waals surface area (Å²) in [5.41, 5.74) is 1.04. The lowest BCUT2D eigenvalue weighted by atomic mass is 10.0. The predicted molar refractivity (Wildman–Crippen MR) is 113 cm³/mol. The van der Waals surface area contributed by atoms with E-state index in [4.69, 9.17) is 18.9 Å². The van der Waals surface area contributed by atoms with Crippen LogP contribution < -0.4 is 14.8 Å². The first-order valence-corrected chi connectivity index (χ1v) is 9.63. The number of hydrogen-bond acceptors (Lipinski definition) is 6. The molecule has 0 bridgehead atoms. The van der Waals surface area contributed by atoms with Crippen LogP contribution in [0.3, 0.4) is 0 Å². The van der Waals surface area contributed by atoms with Gasteiger partial charge in [-0.2, -0.15) is 0 Å². The van der Waals surface area contributed by atoms with Crippen molar-refractivity contribution in [3.63, 3.8) is 0 Å². The van der Waals surface area contributed by atoms with Gasteiger partial charge in [0, 0.05) is 12.5 Å². The molecule has 0 spiro atoms. The molecule has 0 radical (unpaired) electrons. The molecular weight excluding hydrogens is 386 g/mol. The normalized spacial score (nSPS) is 11.9. The molecule has 162 valence electrons. The molecule has 0 saturated carbocycles. The van der Waals surface area contributed by atoms with E-state index in [-0.39, 0.29) is 6.42 Å². The van der Waals surface area contributed by atoms with Gasteiger partial charge in [-0.15, -0.1) is 0 Å². The number of amides is 1. The Morgan fingerprint density at radius 3 is 2.33 bits per heavy atom. The number of ether oxygens (including phenoxy) is 4. The average molecular weight is 415 g/mol. The van der Waals surface area contributed by atoms with Gasteiger partial charge in [-0.3, -0.25) is 0 Å². The van der Waals surface area contributed by atoms with Gasteiger partial charge in [-0.1, -0.05) is 36.4 Å². The highest BCUT2D eigenvalue weighted by Gasteiger charge is 2.26. The molecule has 1 N–H and O–H groups in total. The summed E-state index contributed by atoms with van der Waals surface area (Å²) in [5, 5.41) is 2.58. The molecule has 0 fully saturated rings. The van der Waals surface area contributed by atoms with E-state index in [2.05, 4.69) is 5.32 Å². The number of esters is 1. The van der Waals surface area contributed by atoms with E-state index >= 15 is 0 Å². The van der Waals surface area contributed by atoms with E-state index in [1.54, 1.807) is 46.1 Å². The second kappa shape index (κ2) is 10.5. The highest BCUT2D eigenvalue weighted by molar-refractivity contribution is 5.81. The minimum atomic E-state index is -0.933. The van der Waals surface area contributed by atoms with Gasteiger partial charge in [0.25, 0.3) is 0 Å². The van der Waals surface area contributed by atoms with Gasteiger partial charge >= 0.3 is 12.1 Å². The summed E-state index contributed by atoms with van der Waals surface area (Å²) in [7, 11) is 2.84. The standard InChI is InChI=1S/C23H29NO6/c1-23(2,3)30-22(26)24-19(21(25)28-5)13-17-11-12-18(27-4)14-20(17)29-15-16-9-7-6-8-10-16/h6-12,14,19H,13,15H2,1-5H3,(H,24,26)/t19-/m0/s1. The van der Waals surface area contributed by atoms with Crippen LogP contribution in [0, 0.1) is 0 Å². The van der Waals surface area contributed by atoms with Gasteiger partial charge in [-0.25, -0.2) is 9.59 Å². The largest absolute Gasteiger partial charge is 0.497 e. The molecule has 7 nitrogen and oxygen atoms in total. The van der Waals surface area contributed by atoms with Gasteiger partial charge in [0.1, 0.15) is 29.7 Å². The molecule has 0 unspecified atom stereocenters. The lowest BCUT2D eigenvalue weighted by Crippen LogP contribution is -2.45. The van der Waals surface area contributed by atoms with Crippen LogP contribution in [0.25, 0.3) is 0 Å². The number of carbonyl (C=O) groups is 2. The molecule has 2 aromatic carbocycles. The zero-order valence-corrected chi connectivity index (χ0v) is 18.1. The van der Waals surface area contributed by atoms with Crippen molar-refractivity contribution in [2.75, 3.05) is 14.2 Å². The van der Waals surface area contributed by atoms with E-state index < -0.39 is 23.7 Å². The molecule has 0 aliphatic heterocycles. The van der Waals surface area contributed by atoms with Gasteiger partial charge < -0.3 is 24.3 Å². The molecule has 2 aromatic rings. The van der Waals surface area contributed by atoms with Crippen LogP contribution in [0.5, 0.6) is 11.5 Å². The molecule has 30 heavy (non-hydrogen) atoms. The number of alkyl carbamates (subject to hydrolysis) is 1. The third-order valence-electron chi connectivity index (χ3n) is 4.11. The van der Waals surface area contributed by atoms with Crippen molar-refractivity contribution in [1.29, 1.82) is 0 Å². The topological polar surface area (TPSA) is 83.1 Å². The second-order valence-electron chi connectivity index (χ2n) is 7.67. The molecule has 0 aromatic heterocycles. The Balaban J connectivity index is 2.21. The van der Waals surface area contributed by atoms with Gasteiger partial charge in [0.05, 0.1) is 14.2 Å². The first-order chi connectivity index (χ1) is 14.2. The van der Waals surface area contributed by atoms with E-state index in [1.807, 2.05) is 30.3 Å². The van der Waals surface area contributed by atoms with Crippen LogP contribution in [0.15, 0.2) is 48.5 Å². The maximum atomic E-state index is 12.3. The van der Waals surface area contributed by atoms with Crippen molar-refractivity contribution in [3.05, 3.63) is 59.7 Å². The summed E-state index contributed by atoms with van der Waals surface area (Å²) >= 11 is 0. The van der Waals surface area contributed by atoms with Crippen molar-refractivity contribution in [3.8, 4) is 11.5 Å². The Morgan fingerprint density at radius 1 is 1.03 bits per heavy atom. The van der Waals surface area contributed by atoms with E-state index in [1.165, 1.54) is 7.11 Å². The van der Waals surface area contributed by atoms with Crippen molar-refractivity contribution < 1.29 is 28.5 Å². The van der Waals surface area contributed by atoms with Crippen LogP contribution in [0.2, 0.25) is 0 Å². The lowest BCUT2D eigenvalue weighted by Gasteiger charge is -2.23. The fourth-order valence-electron chi connectivity index (χ4n) is 2.71. The minimum absolute atomic E-state index is 0.167. The van der Waals surface area contributed by atoms with Crippen molar-refractivity contribution in [1.82, 2.24) is 5.32 Å². The summed E-state index contributed by atoms with van der Waals surface area (Å²) < 4.78 is 21.4. The number of methoxy groups -OCH3 is 2.